The second-order valence-electron chi connectivity index (χ2n) is 4.23. The molecule has 0 fully saturated rings. The zero-order valence-corrected chi connectivity index (χ0v) is 12.8. The Labute approximate surface area is 121 Å². The predicted octanol–water partition coefficient (Wildman–Crippen LogP) is 1.83. The fourth-order valence-corrected chi connectivity index (χ4v) is 2.50. The van der Waals surface area contributed by atoms with E-state index < -0.39 is 5.97 Å². The van der Waals surface area contributed by atoms with Crippen molar-refractivity contribution in [3.8, 4) is 0 Å². The average molecular weight is 305 g/mol. The summed E-state index contributed by atoms with van der Waals surface area (Å²) in [6.45, 7) is 3.67. The van der Waals surface area contributed by atoms with Gasteiger partial charge in [0.15, 0.2) is 0 Å². The van der Waals surface area contributed by atoms with E-state index in [0.717, 1.165) is 5.69 Å². The lowest BCUT2D eigenvalue weighted by Crippen LogP contribution is -2.41. The normalized spacial score (nSPS) is 10.6. The Morgan fingerprint density at radius 1 is 1.53 bits per heavy atom. The number of amides is 1. The molecule has 1 aromatic heterocycles. The van der Waals surface area contributed by atoms with Crippen LogP contribution in [0.1, 0.15) is 24.5 Å². The molecule has 1 heterocycles. The first-order valence-corrected chi connectivity index (χ1v) is 7.24. The lowest BCUT2D eigenvalue weighted by molar-refractivity contribution is -0.148. The third kappa shape index (κ3) is 4.80. The molecule has 0 bridgehead atoms. The van der Waals surface area contributed by atoms with E-state index >= 15 is 0 Å². The van der Waals surface area contributed by atoms with Crippen molar-refractivity contribution in [2.24, 2.45) is 0 Å². The number of rotatable bonds is 6. The molecule has 0 atom stereocenters. The summed E-state index contributed by atoms with van der Waals surface area (Å²) in [4.78, 5) is 29.2. The summed E-state index contributed by atoms with van der Waals surface area (Å²) in [6, 6.07) is -0.0703. The van der Waals surface area contributed by atoms with Gasteiger partial charge in [0.1, 0.15) is 11.6 Å². The topological polar surface area (TPSA) is 59.5 Å². The van der Waals surface area contributed by atoms with Gasteiger partial charge in [-0.15, -0.1) is 22.9 Å². The smallest absolute Gasteiger partial charge is 0.325 e. The van der Waals surface area contributed by atoms with Crippen molar-refractivity contribution >= 4 is 34.8 Å². The molecule has 0 aliphatic rings. The van der Waals surface area contributed by atoms with E-state index in [-0.39, 0.29) is 24.9 Å². The van der Waals surface area contributed by atoms with Crippen LogP contribution in [0.5, 0.6) is 0 Å². The number of esters is 1. The Morgan fingerprint density at radius 3 is 2.68 bits per heavy atom. The van der Waals surface area contributed by atoms with Crippen LogP contribution in [0.25, 0.3) is 0 Å². The van der Waals surface area contributed by atoms with Gasteiger partial charge in [-0.1, -0.05) is 0 Å². The van der Waals surface area contributed by atoms with Crippen LogP contribution in [0.2, 0.25) is 0 Å². The maximum absolute atomic E-state index is 12.2. The molecule has 0 aliphatic carbocycles. The third-order valence-electron chi connectivity index (χ3n) is 2.51. The van der Waals surface area contributed by atoms with Gasteiger partial charge in [-0.25, -0.2) is 4.98 Å². The summed E-state index contributed by atoms with van der Waals surface area (Å²) in [7, 11) is 1.30. The van der Waals surface area contributed by atoms with Gasteiger partial charge in [-0.3, -0.25) is 9.59 Å². The highest BCUT2D eigenvalue weighted by molar-refractivity contribution is 7.09. The molecule has 0 saturated heterocycles. The maximum atomic E-state index is 12.2. The lowest BCUT2D eigenvalue weighted by Gasteiger charge is -2.25. The van der Waals surface area contributed by atoms with E-state index in [0.29, 0.717) is 10.9 Å². The molecule has 0 aliphatic heterocycles. The molecule has 0 aromatic carbocycles. The van der Waals surface area contributed by atoms with Crippen LogP contribution < -0.4 is 0 Å². The Balaban J connectivity index is 2.68. The monoisotopic (exact) mass is 304 g/mol. The number of hydrogen-bond donors (Lipinski definition) is 0. The van der Waals surface area contributed by atoms with Gasteiger partial charge in [0.05, 0.1) is 25.1 Å². The first kappa shape index (κ1) is 15.9. The Kier molecular flexibility index (Phi) is 6.24. The van der Waals surface area contributed by atoms with Crippen LogP contribution in [0.4, 0.5) is 0 Å². The Bertz CT molecular complexity index is 448. The van der Waals surface area contributed by atoms with Gasteiger partial charge >= 0.3 is 5.97 Å². The molecule has 0 spiro atoms. The summed E-state index contributed by atoms with van der Waals surface area (Å²) in [6.07, 6.45) is 0.177. The maximum Gasteiger partial charge on any atom is 0.325 e. The van der Waals surface area contributed by atoms with E-state index in [1.807, 2.05) is 19.2 Å². The fraction of sp³-hybridized carbons (Fsp3) is 0.583. The second-order valence-corrected chi connectivity index (χ2v) is 5.44. The van der Waals surface area contributed by atoms with Gasteiger partial charge in [-0.2, -0.15) is 0 Å². The largest absolute Gasteiger partial charge is 0.468 e. The van der Waals surface area contributed by atoms with E-state index in [4.69, 9.17) is 11.6 Å². The lowest BCUT2D eigenvalue weighted by atomic mass is 10.2. The zero-order chi connectivity index (χ0) is 14.4. The number of halogens is 1. The summed E-state index contributed by atoms with van der Waals surface area (Å²) in [5.74, 6) is -0.237. The summed E-state index contributed by atoms with van der Waals surface area (Å²) in [5, 5.41) is 2.53. The molecule has 0 radical (unpaired) electrons. The number of alkyl halides is 1. The fourth-order valence-electron chi connectivity index (χ4n) is 1.48. The SMILES string of the molecule is COC(=O)CN(C(=O)Cc1nc(CCl)cs1)C(C)C. The van der Waals surface area contributed by atoms with Crippen molar-refractivity contribution in [2.75, 3.05) is 13.7 Å². The van der Waals surface area contributed by atoms with Crippen LogP contribution in [-0.4, -0.2) is 41.5 Å². The van der Waals surface area contributed by atoms with Gasteiger partial charge in [0, 0.05) is 11.4 Å². The van der Waals surface area contributed by atoms with Crippen molar-refractivity contribution in [2.45, 2.75) is 32.2 Å². The Hall–Kier alpha value is -1.14. The summed E-state index contributed by atoms with van der Waals surface area (Å²) >= 11 is 7.06. The molecule has 106 valence electrons. The van der Waals surface area contributed by atoms with Crippen molar-refractivity contribution in [1.29, 1.82) is 0 Å². The molecular weight excluding hydrogens is 288 g/mol. The number of hydrogen-bond acceptors (Lipinski definition) is 5. The van der Waals surface area contributed by atoms with E-state index in [9.17, 15) is 9.59 Å². The standard InChI is InChI=1S/C12H17ClN2O3S/c1-8(2)15(6-12(17)18-3)11(16)4-10-14-9(5-13)7-19-10/h7-8H,4-6H2,1-3H3. The molecule has 0 unspecified atom stereocenters. The number of nitrogens with zero attached hydrogens (tertiary/aromatic N) is 2. The highest BCUT2D eigenvalue weighted by atomic mass is 35.5. The van der Waals surface area contributed by atoms with Gasteiger partial charge in [0.25, 0.3) is 0 Å². The third-order valence-corrected chi connectivity index (χ3v) is 3.68. The van der Waals surface area contributed by atoms with E-state index in [2.05, 4.69) is 9.72 Å². The van der Waals surface area contributed by atoms with Crippen LogP contribution in [0, 0.1) is 0 Å². The quantitative estimate of drug-likeness (QED) is 0.594. The van der Waals surface area contributed by atoms with E-state index in [1.54, 1.807) is 0 Å². The number of methoxy groups -OCH3 is 1. The number of carbonyl (C=O) groups excluding carboxylic acids is 2. The molecule has 19 heavy (non-hydrogen) atoms. The molecular formula is C12H17ClN2O3S. The van der Waals surface area contributed by atoms with Gasteiger partial charge in [0.2, 0.25) is 5.91 Å². The summed E-state index contributed by atoms with van der Waals surface area (Å²) < 4.78 is 4.59. The van der Waals surface area contributed by atoms with Crippen LogP contribution in [0.15, 0.2) is 5.38 Å². The van der Waals surface area contributed by atoms with Crippen LogP contribution in [-0.2, 0) is 26.6 Å². The number of thiazole rings is 1. The minimum Gasteiger partial charge on any atom is -0.468 e. The zero-order valence-electron chi connectivity index (χ0n) is 11.2. The first-order chi connectivity index (χ1) is 8.97. The molecule has 1 aromatic rings. The minimum atomic E-state index is -0.428. The van der Waals surface area contributed by atoms with Crippen molar-refractivity contribution in [3.63, 3.8) is 0 Å². The van der Waals surface area contributed by atoms with Gasteiger partial charge in [-0.05, 0) is 13.8 Å². The second kappa shape index (κ2) is 7.45. The number of aromatic nitrogens is 1. The predicted molar refractivity (Wildman–Crippen MR) is 74.2 cm³/mol. The Morgan fingerprint density at radius 2 is 2.21 bits per heavy atom. The molecule has 0 N–H and O–H groups in total. The van der Waals surface area contributed by atoms with Crippen molar-refractivity contribution in [3.05, 3.63) is 16.1 Å². The highest BCUT2D eigenvalue weighted by Crippen LogP contribution is 2.14. The summed E-state index contributed by atoms with van der Waals surface area (Å²) in [5.41, 5.74) is 0.763. The molecule has 0 saturated carbocycles. The molecule has 1 amide bonds. The van der Waals surface area contributed by atoms with Crippen molar-refractivity contribution < 1.29 is 14.3 Å². The van der Waals surface area contributed by atoms with Crippen LogP contribution >= 0.6 is 22.9 Å². The number of carbonyl (C=O) groups is 2. The van der Waals surface area contributed by atoms with E-state index in [1.165, 1.54) is 23.3 Å². The van der Waals surface area contributed by atoms with Crippen molar-refractivity contribution in [1.82, 2.24) is 9.88 Å². The highest BCUT2D eigenvalue weighted by Gasteiger charge is 2.21. The minimum absolute atomic E-state index is 0.0409. The number of ether oxygens (including phenoxy) is 1. The van der Waals surface area contributed by atoms with Gasteiger partial charge < -0.3 is 9.64 Å². The molecule has 5 nitrogen and oxygen atoms in total. The first-order valence-electron chi connectivity index (χ1n) is 5.83. The molecule has 1 rings (SSSR count). The average Bonchev–Trinajstić information content (AvgIpc) is 2.82. The molecule has 7 heteroatoms. The van der Waals surface area contributed by atoms with Crippen LogP contribution in [0.3, 0.4) is 0 Å².